The summed E-state index contributed by atoms with van der Waals surface area (Å²) in [7, 11) is 0. The molecule has 1 heterocycles. The lowest BCUT2D eigenvalue weighted by Gasteiger charge is -2.29. The van der Waals surface area contributed by atoms with Crippen LogP contribution in [0.3, 0.4) is 0 Å². The Labute approximate surface area is 174 Å². The van der Waals surface area contributed by atoms with Gasteiger partial charge in [0, 0.05) is 19.5 Å². The van der Waals surface area contributed by atoms with Gasteiger partial charge in [0.1, 0.15) is 11.5 Å². The molecule has 29 heavy (non-hydrogen) atoms. The zero-order chi connectivity index (χ0) is 21.4. The molecule has 0 atom stereocenters. The van der Waals surface area contributed by atoms with Crippen molar-refractivity contribution in [1.29, 1.82) is 0 Å². The number of carbonyl (C=O) groups is 2. The number of aryl methyl sites for hydroxylation is 1. The van der Waals surface area contributed by atoms with Gasteiger partial charge in [-0.15, -0.1) is 0 Å². The molecule has 2 aromatic rings. The molecule has 5 heteroatoms. The molecule has 1 aromatic heterocycles. The zero-order valence-corrected chi connectivity index (χ0v) is 18.4. The van der Waals surface area contributed by atoms with Crippen LogP contribution in [0.1, 0.15) is 57.6 Å². The van der Waals surface area contributed by atoms with E-state index in [9.17, 15) is 9.59 Å². The molecule has 0 N–H and O–H groups in total. The summed E-state index contributed by atoms with van der Waals surface area (Å²) in [5, 5.41) is 0. The minimum atomic E-state index is -0.110. The Morgan fingerprint density at radius 1 is 0.931 bits per heavy atom. The second kappa shape index (κ2) is 10.3. The summed E-state index contributed by atoms with van der Waals surface area (Å²) in [5.41, 5.74) is 0.939. The predicted molar refractivity (Wildman–Crippen MR) is 115 cm³/mol. The SMILES string of the molecule is CCCN(CC(=O)N(Cc1ccccc1)Cc1ccc(C)o1)C(=O)CC(C)(C)C. The molecule has 0 spiro atoms. The van der Waals surface area contributed by atoms with Gasteiger partial charge in [0.2, 0.25) is 11.8 Å². The van der Waals surface area contributed by atoms with Crippen LogP contribution in [-0.4, -0.2) is 34.7 Å². The fourth-order valence-corrected chi connectivity index (χ4v) is 3.18. The fourth-order valence-electron chi connectivity index (χ4n) is 3.18. The van der Waals surface area contributed by atoms with Gasteiger partial charge < -0.3 is 14.2 Å². The summed E-state index contributed by atoms with van der Waals surface area (Å²) >= 11 is 0. The summed E-state index contributed by atoms with van der Waals surface area (Å²) < 4.78 is 5.69. The lowest BCUT2D eigenvalue weighted by Crippen LogP contribution is -2.43. The minimum absolute atomic E-state index is 0.0289. The highest BCUT2D eigenvalue weighted by Crippen LogP contribution is 2.20. The van der Waals surface area contributed by atoms with Crippen LogP contribution in [0.25, 0.3) is 0 Å². The average Bonchev–Trinajstić information content (AvgIpc) is 3.05. The number of hydrogen-bond acceptors (Lipinski definition) is 3. The van der Waals surface area contributed by atoms with E-state index in [1.807, 2.05) is 77.1 Å². The molecule has 0 radical (unpaired) electrons. The van der Waals surface area contributed by atoms with E-state index in [4.69, 9.17) is 4.42 Å². The lowest BCUT2D eigenvalue weighted by atomic mass is 9.91. The van der Waals surface area contributed by atoms with Crippen molar-refractivity contribution in [2.45, 2.75) is 60.5 Å². The van der Waals surface area contributed by atoms with E-state index >= 15 is 0 Å². The highest BCUT2D eigenvalue weighted by molar-refractivity contribution is 5.85. The van der Waals surface area contributed by atoms with Gasteiger partial charge in [-0.25, -0.2) is 0 Å². The number of furan rings is 1. The van der Waals surface area contributed by atoms with Gasteiger partial charge in [0.15, 0.2) is 0 Å². The topological polar surface area (TPSA) is 53.8 Å². The first-order valence-corrected chi connectivity index (χ1v) is 10.3. The Morgan fingerprint density at radius 3 is 2.17 bits per heavy atom. The Balaban J connectivity index is 2.16. The van der Waals surface area contributed by atoms with E-state index in [2.05, 4.69) is 0 Å². The van der Waals surface area contributed by atoms with Gasteiger partial charge in [-0.2, -0.15) is 0 Å². The molecule has 5 nitrogen and oxygen atoms in total. The summed E-state index contributed by atoms with van der Waals surface area (Å²) in [5.74, 6) is 1.52. The quantitative estimate of drug-likeness (QED) is 0.610. The van der Waals surface area contributed by atoms with Crippen molar-refractivity contribution in [2.75, 3.05) is 13.1 Å². The lowest BCUT2D eigenvalue weighted by molar-refractivity contribution is -0.142. The third kappa shape index (κ3) is 7.76. The van der Waals surface area contributed by atoms with Crippen LogP contribution in [0.4, 0.5) is 0 Å². The maximum absolute atomic E-state index is 13.2. The highest BCUT2D eigenvalue weighted by Gasteiger charge is 2.25. The van der Waals surface area contributed by atoms with Crippen LogP contribution in [-0.2, 0) is 22.7 Å². The molecular weight excluding hydrogens is 364 g/mol. The van der Waals surface area contributed by atoms with Gasteiger partial charge in [-0.05, 0) is 36.5 Å². The Bertz CT molecular complexity index is 790. The second-order valence-electron chi connectivity index (χ2n) is 8.80. The number of rotatable bonds is 9. The molecule has 0 saturated carbocycles. The first-order chi connectivity index (χ1) is 13.7. The molecule has 1 aromatic carbocycles. The molecule has 0 saturated heterocycles. The van der Waals surface area contributed by atoms with E-state index in [1.165, 1.54) is 0 Å². The number of benzene rings is 1. The van der Waals surface area contributed by atoms with Gasteiger partial charge in [-0.3, -0.25) is 9.59 Å². The van der Waals surface area contributed by atoms with Crippen LogP contribution < -0.4 is 0 Å². The third-order valence-corrected chi connectivity index (χ3v) is 4.57. The maximum Gasteiger partial charge on any atom is 0.242 e. The van der Waals surface area contributed by atoms with E-state index in [-0.39, 0.29) is 23.8 Å². The molecule has 158 valence electrons. The largest absolute Gasteiger partial charge is 0.464 e. The highest BCUT2D eigenvalue weighted by atomic mass is 16.3. The van der Waals surface area contributed by atoms with Gasteiger partial charge in [-0.1, -0.05) is 58.0 Å². The van der Waals surface area contributed by atoms with Crippen LogP contribution in [0.15, 0.2) is 46.9 Å². The molecule has 0 unspecified atom stereocenters. The molecule has 0 bridgehead atoms. The zero-order valence-electron chi connectivity index (χ0n) is 18.4. The summed E-state index contributed by atoms with van der Waals surface area (Å²) in [6, 6.07) is 13.7. The second-order valence-corrected chi connectivity index (χ2v) is 8.80. The van der Waals surface area contributed by atoms with Crippen LogP contribution in [0.5, 0.6) is 0 Å². The fraction of sp³-hybridized carbons (Fsp3) is 0.500. The van der Waals surface area contributed by atoms with Crippen molar-refractivity contribution in [1.82, 2.24) is 9.80 Å². The summed E-state index contributed by atoms with van der Waals surface area (Å²) in [6.07, 6.45) is 1.25. The monoisotopic (exact) mass is 398 g/mol. The van der Waals surface area contributed by atoms with Crippen molar-refractivity contribution in [2.24, 2.45) is 5.41 Å². The van der Waals surface area contributed by atoms with Crippen LogP contribution >= 0.6 is 0 Å². The standard InChI is InChI=1S/C24H34N2O3/c1-6-14-25(22(27)15-24(3,4)5)18-23(28)26(16-20-10-8-7-9-11-20)17-21-13-12-19(2)29-21/h7-13H,6,14-18H2,1-5H3. The van der Waals surface area contributed by atoms with Gasteiger partial charge >= 0.3 is 0 Å². The van der Waals surface area contributed by atoms with Crippen LogP contribution in [0, 0.1) is 12.3 Å². The Morgan fingerprint density at radius 2 is 1.62 bits per heavy atom. The first kappa shape index (κ1) is 22.7. The molecule has 2 amide bonds. The Hall–Kier alpha value is -2.56. The molecule has 2 rings (SSSR count). The first-order valence-electron chi connectivity index (χ1n) is 10.3. The predicted octanol–water partition coefficient (Wildman–Crippen LogP) is 4.79. The molecule has 0 aliphatic carbocycles. The average molecular weight is 399 g/mol. The molecule has 0 aliphatic heterocycles. The number of nitrogens with zero attached hydrogens (tertiary/aromatic N) is 2. The van der Waals surface area contributed by atoms with Crippen LogP contribution in [0.2, 0.25) is 0 Å². The summed E-state index contributed by atoms with van der Waals surface area (Å²) in [6.45, 7) is 11.6. The van der Waals surface area contributed by atoms with Gasteiger partial charge in [0.25, 0.3) is 0 Å². The number of hydrogen-bond donors (Lipinski definition) is 0. The van der Waals surface area contributed by atoms with Crippen molar-refractivity contribution in [3.05, 3.63) is 59.5 Å². The van der Waals surface area contributed by atoms with Crippen molar-refractivity contribution in [3.63, 3.8) is 0 Å². The molecule has 0 fully saturated rings. The number of amides is 2. The van der Waals surface area contributed by atoms with Crippen molar-refractivity contribution >= 4 is 11.8 Å². The van der Waals surface area contributed by atoms with E-state index < -0.39 is 0 Å². The molecular formula is C24H34N2O3. The smallest absolute Gasteiger partial charge is 0.242 e. The van der Waals surface area contributed by atoms with Crippen molar-refractivity contribution < 1.29 is 14.0 Å². The van der Waals surface area contributed by atoms with E-state index in [1.54, 1.807) is 9.80 Å². The third-order valence-electron chi connectivity index (χ3n) is 4.57. The van der Waals surface area contributed by atoms with E-state index in [0.29, 0.717) is 26.1 Å². The minimum Gasteiger partial charge on any atom is -0.464 e. The normalized spacial score (nSPS) is 11.3. The Kier molecular flexibility index (Phi) is 8.06. The summed E-state index contributed by atoms with van der Waals surface area (Å²) in [4.78, 5) is 29.4. The molecule has 0 aliphatic rings. The van der Waals surface area contributed by atoms with Gasteiger partial charge in [0.05, 0.1) is 13.1 Å². The van der Waals surface area contributed by atoms with E-state index in [0.717, 1.165) is 23.5 Å². The number of carbonyl (C=O) groups excluding carboxylic acids is 2. The van der Waals surface area contributed by atoms with Crippen molar-refractivity contribution in [3.8, 4) is 0 Å². The maximum atomic E-state index is 13.2.